The van der Waals surface area contributed by atoms with Crippen LogP contribution in [0.5, 0.6) is 0 Å². The van der Waals surface area contributed by atoms with Gasteiger partial charge in [0, 0.05) is 22.2 Å². The predicted molar refractivity (Wildman–Crippen MR) is 56.6 cm³/mol. The highest BCUT2D eigenvalue weighted by Crippen LogP contribution is 2.24. The summed E-state index contributed by atoms with van der Waals surface area (Å²) in [6.07, 6.45) is 2.19. The van der Waals surface area contributed by atoms with Gasteiger partial charge in [-0.3, -0.25) is 0 Å². The SMILES string of the molecule is O=[C]OCCc1occ2ccc(Cl)cc12. The molecule has 4 heteroatoms. The van der Waals surface area contributed by atoms with Crippen LogP contribution < -0.4 is 0 Å². The molecule has 1 heterocycles. The Morgan fingerprint density at radius 3 is 3.13 bits per heavy atom. The van der Waals surface area contributed by atoms with E-state index in [4.69, 9.17) is 16.0 Å². The van der Waals surface area contributed by atoms with E-state index >= 15 is 0 Å². The highest BCUT2D eigenvalue weighted by molar-refractivity contribution is 6.31. The lowest BCUT2D eigenvalue weighted by Crippen LogP contribution is -1.95. The number of rotatable bonds is 4. The lowest BCUT2D eigenvalue weighted by atomic mass is 10.1. The lowest BCUT2D eigenvalue weighted by Gasteiger charge is -1.96. The maximum absolute atomic E-state index is 9.85. The first-order valence-corrected chi connectivity index (χ1v) is 4.83. The maximum Gasteiger partial charge on any atom is 0.417 e. The minimum Gasteiger partial charge on any atom is -0.468 e. The zero-order valence-corrected chi connectivity index (χ0v) is 8.58. The van der Waals surface area contributed by atoms with Crippen molar-refractivity contribution in [2.45, 2.75) is 6.42 Å². The molecule has 1 aromatic carbocycles. The normalized spacial score (nSPS) is 10.5. The summed E-state index contributed by atoms with van der Waals surface area (Å²) in [4.78, 5) is 9.85. The van der Waals surface area contributed by atoms with Crippen molar-refractivity contribution in [3.05, 3.63) is 35.2 Å². The number of benzene rings is 1. The van der Waals surface area contributed by atoms with Crippen LogP contribution in [0.1, 0.15) is 5.76 Å². The van der Waals surface area contributed by atoms with Gasteiger partial charge in [-0.15, -0.1) is 0 Å². The van der Waals surface area contributed by atoms with Crippen LogP contribution in [0.25, 0.3) is 10.8 Å². The van der Waals surface area contributed by atoms with E-state index in [9.17, 15) is 4.79 Å². The highest BCUT2D eigenvalue weighted by Gasteiger charge is 2.06. The van der Waals surface area contributed by atoms with Crippen molar-refractivity contribution in [1.82, 2.24) is 0 Å². The van der Waals surface area contributed by atoms with Crippen LogP contribution in [-0.4, -0.2) is 13.1 Å². The molecule has 0 saturated heterocycles. The quantitative estimate of drug-likeness (QED) is 0.749. The molecule has 3 nitrogen and oxygen atoms in total. The summed E-state index contributed by atoms with van der Waals surface area (Å²) >= 11 is 5.87. The van der Waals surface area contributed by atoms with Gasteiger partial charge in [0.25, 0.3) is 0 Å². The van der Waals surface area contributed by atoms with E-state index in [0.717, 1.165) is 16.5 Å². The fourth-order valence-corrected chi connectivity index (χ4v) is 1.62. The van der Waals surface area contributed by atoms with Gasteiger partial charge in [0.15, 0.2) is 0 Å². The van der Waals surface area contributed by atoms with Crippen LogP contribution in [0.15, 0.2) is 28.9 Å². The van der Waals surface area contributed by atoms with Gasteiger partial charge < -0.3 is 9.15 Å². The van der Waals surface area contributed by atoms with Gasteiger partial charge in [-0.2, -0.15) is 0 Å². The average molecular weight is 224 g/mol. The summed E-state index contributed by atoms with van der Waals surface area (Å²) in [6, 6.07) is 5.52. The van der Waals surface area contributed by atoms with Crippen LogP contribution in [-0.2, 0) is 16.0 Å². The minimum absolute atomic E-state index is 0.263. The molecule has 0 spiro atoms. The molecule has 1 aromatic heterocycles. The van der Waals surface area contributed by atoms with Crippen LogP contribution >= 0.6 is 11.6 Å². The van der Waals surface area contributed by atoms with E-state index < -0.39 is 0 Å². The van der Waals surface area contributed by atoms with Gasteiger partial charge in [-0.1, -0.05) is 11.6 Å². The molecule has 0 amide bonds. The Labute approximate surface area is 91.6 Å². The summed E-state index contributed by atoms with van der Waals surface area (Å²) in [5.41, 5.74) is 0. The van der Waals surface area contributed by atoms with Crippen LogP contribution in [0, 0.1) is 0 Å². The van der Waals surface area contributed by atoms with Crippen molar-refractivity contribution in [1.29, 1.82) is 0 Å². The number of furan rings is 1. The van der Waals surface area contributed by atoms with Crippen LogP contribution in [0.4, 0.5) is 0 Å². The summed E-state index contributed by atoms with van der Waals surface area (Å²) in [7, 11) is 0. The van der Waals surface area contributed by atoms with Crippen molar-refractivity contribution in [2.24, 2.45) is 0 Å². The maximum atomic E-state index is 9.85. The van der Waals surface area contributed by atoms with Gasteiger partial charge >= 0.3 is 6.47 Å². The zero-order valence-electron chi connectivity index (χ0n) is 7.83. The Hall–Kier alpha value is -1.48. The largest absolute Gasteiger partial charge is 0.468 e. The van der Waals surface area contributed by atoms with Crippen molar-refractivity contribution >= 4 is 28.8 Å². The number of ether oxygens (including phenoxy) is 1. The number of carbonyl (C=O) groups excluding carboxylic acids is 1. The first-order chi connectivity index (χ1) is 7.31. The van der Waals surface area contributed by atoms with E-state index in [-0.39, 0.29) is 6.61 Å². The first kappa shape index (κ1) is 10.1. The zero-order chi connectivity index (χ0) is 10.7. The van der Waals surface area contributed by atoms with Gasteiger partial charge in [0.05, 0.1) is 12.9 Å². The van der Waals surface area contributed by atoms with Gasteiger partial charge in [-0.05, 0) is 18.2 Å². The van der Waals surface area contributed by atoms with Gasteiger partial charge in [-0.25, -0.2) is 4.79 Å². The summed E-state index contributed by atoms with van der Waals surface area (Å²) in [5, 5.41) is 2.61. The molecule has 2 rings (SSSR count). The van der Waals surface area contributed by atoms with Gasteiger partial charge in [0.1, 0.15) is 5.76 Å². The topological polar surface area (TPSA) is 39.4 Å². The monoisotopic (exact) mass is 223 g/mol. The highest BCUT2D eigenvalue weighted by atomic mass is 35.5. The molecule has 0 aliphatic rings. The summed E-state index contributed by atoms with van der Waals surface area (Å²) in [6.45, 7) is 1.63. The van der Waals surface area contributed by atoms with Crippen LogP contribution in [0.3, 0.4) is 0 Å². The molecule has 0 atom stereocenters. The third-order valence-corrected chi connectivity index (χ3v) is 2.37. The van der Waals surface area contributed by atoms with E-state index in [1.165, 1.54) is 6.47 Å². The Morgan fingerprint density at radius 2 is 2.33 bits per heavy atom. The number of hydrogen-bond donors (Lipinski definition) is 0. The molecule has 0 aliphatic heterocycles. The Morgan fingerprint density at radius 1 is 1.47 bits per heavy atom. The molecule has 2 aromatic rings. The molecule has 0 bridgehead atoms. The van der Waals surface area contributed by atoms with Crippen molar-refractivity contribution < 1.29 is 13.9 Å². The predicted octanol–water partition coefficient (Wildman–Crippen LogP) is 2.71. The second-order valence-corrected chi connectivity index (χ2v) is 3.51. The van der Waals surface area contributed by atoms with Crippen LogP contribution in [0.2, 0.25) is 5.02 Å². The molecule has 0 unspecified atom stereocenters. The molecule has 0 fully saturated rings. The molecule has 77 valence electrons. The average Bonchev–Trinajstić information content (AvgIpc) is 2.62. The number of hydrogen-bond acceptors (Lipinski definition) is 3. The molecule has 1 radical (unpaired) electrons. The second-order valence-electron chi connectivity index (χ2n) is 3.07. The summed E-state index contributed by atoms with van der Waals surface area (Å²) < 4.78 is 9.84. The number of fused-ring (bicyclic) bond motifs is 1. The number of halogens is 1. The summed E-state index contributed by atoms with van der Waals surface area (Å²) in [5.74, 6) is 0.766. The molecular formula is C11H8ClO3. The Balaban J connectivity index is 2.27. The van der Waals surface area contributed by atoms with Crippen molar-refractivity contribution in [3.63, 3.8) is 0 Å². The first-order valence-electron chi connectivity index (χ1n) is 4.46. The molecular weight excluding hydrogens is 216 g/mol. The van der Waals surface area contributed by atoms with E-state index in [1.807, 2.05) is 12.1 Å². The fourth-order valence-electron chi connectivity index (χ4n) is 1.45. The molecule has 0 aliphatic carbocycles. The second kappa shape index (κ2) is 4.36. The molecule has 15 heavy (non-hydrogen) atoms. The fraction of sp³-hybridized carbons (Fsp3) is 0.182. The van der Waals surface area contributed by atoms with E-state index in [1.54, 1.807) is 12.3 Å². The minimum atomic E-state index is 0.263. The Bertz CT molecular complexity index is 476. The van der Waals surface area contributed by atoms with E-state index in [2.05, 4.69) is 4.74 Å². The molecule has 0 saturated carbocycles. The smallest absolute Gasteiger partial charge is 0.417 e. The van der Waals surface area contributed by atoms with Crippen molar-refractivity contribution in [3.8, 4) is 0 Å². The Kier molecular flexibility index (Phi) is 2.92. The van der Waals surface area contributed by atoms with Gasteiger partial charge in [0.2, 0.25) is 0 Å². The third-order valence-electron chi connectivity index (χ3n) is 2.13. The third kappa shape index (κ3) is 2.13. The standard InChI is InChI=1S/C11H8ClO3/c12-9-2-1-8-6-15-11(10(8)5-9)3-4-14-7-13/h1-2,5-6H,3-4H2. The van der Waals surface area contributed by atoms with E-state index in [0.29, 0.717) is 11.4 Å². The van der Waals surface area contributed by atoms with Crippen molar-refractivity contribution in [2.75, 3.05) is 6.61 Å². The molecule has 0 N–H and O–H groups in total. The lowest BCUT2D eigenvalue weighted by molar-refractivity contribution is 0.274.